The van der Waals surface area contributed by atoms with Gasteiger partial charge in [0, 0.05) is 13.6 Å². The summed E-state index contributed by atoms with van der Waals surface area (Å²) in [6.45, 7) is 9.97. The summed E-state index contributed by atoms with van der Waals surface area (Å²) in [5.74, 6) is 0.275. The highest BCUT2D eigenvalue weighted by Crippen LogP contribution is 2.23. The summed E-state index contributed by atoms with van der Waals surface area (Å²) < 4.78 is 5.85. The van der Waals surface area contributed by atoms with Gasteiger partial charge in [0.25, 0.3) is 5.91 Å². The average Bonchev–Trinajstić information content (AvgIpc) is 2.67. The highest BCUT2D eigenvalue weighted by Gasteiger charge is 2.26. The summed E-state index contributed by atoms with van der Waals surface area (Å²) >= 11 is 0. The minimum atomic E-state index is -0.596. The molecule has 28 heavy (non-hydrogen) atoms. The molecule has 150 valence electrons. The second-order valence-electron chi connectivity index (χ2n) is 7.23. The molecule has 1 N–H and O–H groups in total. The number of benzene rings is 2. The van der Waals surface area contributed by atoms with Crippen LogP contribution in [0.25, 0.3) is 0 Å². The Kier molecular flexibility index (Phi) is 7.21. The van der Waals surface area contributed by atoms with Crippen LogP contribution >= 0.6 is 0 Å². The molecule has 2 aromatic carbocycles. The molecule has 5 nitrogen and oxygen atoms in total. The van der Waals surface area contributed by atoms with Gasteiger partial charge < -0.3 is 15.0 Å². The molecule has 0 saturated heterocycles. The van der Waals surface area contributed by atoms with E-state index in [1.807, 2.05) is 58.0 Å². The monoisotopic (exact) mass is 382 g/mol. The van der Waals surface area contributed by atoms with Crippen molar-refractivity contribution in [2.24, 2.45) is 0 Å². The van der Waals surface area contributed by atoms with E-state index in [-0.39, 0.29) is 18.4 Å². The Hall–Kier alpha value is -2.82. The van der Waals surface area contributed by atoms with Crippen LogP contribution in [0.5, 0.6) is 5.75 Å². The van der Waals surface area contributed by atoms with Crippen molar-refractivity contribution in [3.05, 3.63) is 64.2 Å². The fourth-order valence-corrected chi connectivity index (χ4v) is 3.14. The Bertz CT molecular complexity index is 861. The van der Waals surface area contributed by atoms with Crippen molar-refractivity contribution in [3.63, 3.8) is 0 Å². The van der Waals surface area contributed by atoms with Crippen molar-refractivity contribution < 1.29 is 14.3 Å². The fraction of sp³-hybridized carbons (Fsp3) is 0.391. The molecule has 0 radical (unpaired) electrons. The molecule has 0 aromatic heterocycles. The normalized spacial score (nSPS) is 11.6. The topological polar surface area (TPSA) is 58.6 Å². The molecule has 0 heterocycles. The lowest BCUT2D eigenvalue weighted by Gasteiger charge is -2.29. The number of carbonyl (C=O) groups excluding carboxylic acids is 2. The van der Waals surface area contributed by atoms with Gasteiger partial charge in [0.2, 0.25) is 5.91 Å². The number of rotatable bonds is 7. The van der Waals surface area contributed by atoms with Crippen LogP contribution in [0.1, 0.15) is 34.7 Å². The molecule has 1 unspecified atom stereocenters. The van der Waals surface area contributed by atoms with Gasteiger partial charge in [0.05, 0.1) is 0 Å². The van der Waals surface area contributed by atoms with E-state index < -0.39 is 6.04 Å². The molecule has 0 aliphatic heterocycles. The lowest BCUT2D eigenvalue weighted by atomic mass is 10.1. The number of nitrogens with one attached hydrogen (secondary N) is 1. The summed E-state index contributed by atoms with van der Waals surface area (Å²) in [7, 11) is 1.57. The van der Waals surface area contributed by atoms with Gasteiger partial charge in [-0.05, 0) is 68.5 Å². The summed E-state index contributed by atoms with van der Waals surface area (Å²) in [5, 5.41) is 2.62. The second kappa shape index (κ2) is 9.40. The van der Waals surface area contributed by atoms with Crippen molar-refractivity contribution in [2.75, 3.05) is 13.7 Å². The number of hydrogen-bond donors (Lipinski definition) is 1. The average molecular weight is 383 g/mol. The van der Waals surface area contributed by atoms with E-state index in [9.17, 15) is 9.59 Å². The van der Waals surface area contributed by atoms with E-state index in [1.54, 1.807) is 18.9 Å². The lowest BCUT2D eigenvalue weighted by molar-refractivity contribution is -0.142. The zero-order valence-corrected chi connectivity index (χ0v) is 17.6. The van der Waals surface area contributed by atoms with Crippen LogP contribution in [-0.2, 0) is 16.1 Å². The molecule has 5 heteroatoms. The first-order valence-corrected chi connectivity index (χ1v) is 9.50. The summed E-state index contributed by atoms with van der Waals surface area (Å²) in [6.07, 6.45) is 0. The largest absolute Gasteiger partial charge is 0.483 e. The van der Waals surface area contributed by atoms with Gasteiger partial charge in [-0.2, -0.15) is 0 Å². The van der Waals surface area contributed by atoms with E-state index in [0.29, 0.717) is 12.3 Å². The summed E-state index contributed by atoms with van der Waals surface area (Å²) in [4.78, 5) is 26.8. The number of nitrogens with zero attached hydrogens (tertiary/aromatic N) is 1. The predicted molar refractivity (Wildman–Crippen MR) is 111 cm³/mol. The third-order valence-corrected chi connectivity index (χ3v) is 5.13. The highest BCUT2D eigenvalue weighted by atomic mass is 16.5. The number of likely N-dealkylation sites (N-methyl/N-ethyl adjacent to an activating group) is 1. The third kappa shape index (κ3) is 5.12. The van der Waals surface area contributed by atoms with Gasteiger partial charge in [0.1, 0.15) is 11.8 Å². The van der Waals surface area contributed by atoms with Gasteiger partial charge in [-0.15, -0.1) is 0 Å². The highest BCUT2D eigenvalue weighted by molar-refractivity contribution is 5.87. The van der Waals surface area contributed by atoms with Gasteiger partial charge >= 0.3 is 0 Å². The molecule has 2 amide bonds. The minimum Gasteiger partial charge on any atom is -0.483 e. The first kappa shape index (κ1) is 21.5. The molecule has 0 saturated carbocycles. The van der Waals surface area contributed by atoms with Crippen LogP contribution in [-0.4, -0.2) is 36.4 Å². The zero-order valence-electron chi connectivity index (χ0n) is 17.6. The van der Waals surface area contributed by atoms with Gasteiger partial charge in [-0.1, -0.05) is 30.3 Å². The molecular formula is C23H30N2O3. The maximum atomic E-state index is 13.0. The maximum absolute atomic E-state index is 13.0. The SMILES string of the molecule is CNC(=O)C(C)N(Cc1ccccc1C)C(=O)COc1cc(C)cc(C)c1C. The molecule has 1 atom stereocenters. The molecule has 2 rings (SSSR count). The molecule has 0 aliphatic rings. The Balaban J connectivity index is 2.21. The van der Waals surface area contributed by atoms with E-state index >= 15 is 0 Å². The van der Waals surface area contributed by atoms with Crippen molar-refractivity contribution >= 4 is 11.8 Å². The van der Waals surface area contributed by atoms with E-state index in [1.165, 1.54) is 0 Å². The number of hydrogen-bond acceptors (Lipinski definition) is 3. The summed E-state index contributed by atoms with van der Waals surface area (Å²) in [5.41, 5.74) is 5.31. The van der Waals surface area contributed by atoms with Gasteiger partial charge in [-0.3, -0.25) is 9.59 Å². The van der Waals surface area contributed by atoms with Crippen LogP contribution in [0.2, 0.25) is 0 Å². The standard InChI is InChI=1S/C23H30N2O3/c1-15-11-17(3)18(4)21(12-15)28-14-22(26)25(19(5)23(27)24-6)13-20-10-8-7-9-16(20)2/h7-12,19H,13-14H2,1-6H3,(H,24,27). The summed E-state index contributed by atoms with van der Waals surface area (Å²) in [6, 6.07) is 11.3. The molecule has 0 aliphatic carbocycles. The van der Waals surface area contributed by atoms with Crippen LogP contribution < -0.4 is 10.1 Å². The number of amides is 2. The Morgan fingerprint density at radius 3 is 2.39 bits per heavy atom. The van der Waals surface area contributed by atoms with Crippen molar-refractivity contribution in [2.45, 2.75) is 47.2 Å². The second-order valence-corrected chi connectivity index (χ2v) is 7.23. The van der Waals surface area contributed by atoms with Crippen molar-refractivity contribution in [1.29, 1.82) is 0 Å². The van der Waals surface area contributed by atoms with E-state index in [4.69, 9.17) is 4.74 Å². The third-order valence-electron chi connectivity index (χ3n) is 5.13. The van der Waals surface area contributed by atoms with E-state index in [0.717, 1.165) is 27.8 Å². The predicted octanol–water partition coefficient (Wildman–Crippen LogP) is 3.46. The van der Waals surface area contributed by atoms with E-state index in [2.05, 4.69) is 11.4 Å². The Morgan fingerprint density at radius 1 is 1.07 bits per heavy atom. The Labute approximate surface area is 167 Å². The van der Waals surface area contributed by atoms with Crippen LogP contribution in [0.4, 0.5) is 0 Å². The van der Waals surface area contributed by atoms with Crippen LogP contribution in [0.15, 0.2) is 36.4 Å². The first-order valence-electron chi connectivity index (χ1n) is 9.50. The van der Waals surface area contributed by atoms with Gasteiger partial charge in [-0.25, -0.2) is 0 Å². The fourth-order valence-electron chi connectivity index (χ4n) is 3.14. The smallest absolute Gasteiger partial charge is 0.261 e. The molecule has 2 aromatic rings. The quantitative estimate of drug-likeness (QED) is 0.798. The molecular weight excluding hydrogens is 352 g/mol. The van der Waals surface area contributed by atoms with Gasteiger partial charge in [0.15, 0.2) is 6.61 Å². The number of ether oxygens (including phenoxy) is 1. The number of carbonyl (C=O) groups is 2. The van der Waals surface area contributed by atoms with Crippen LogP contribution in [0.3, 0.4) is 0 Å². The van der Waals surface area contributed by atoms with Crippen molar-refractivity contribution in [3.8, 4) is 5.75 Å². The maximum Gasteiger partial charge on any atom is 0.261 e. The minimum absolute atomic E-state index is 0.114. The Morgan fingerprint density at radius 2 is 1.75 bits per heavy atom. The lowest BCUT2D eigenvalue weighted by Crippen LogP contribution is -2.48. The van der Waals surface area contributed by atoms with Crippen molar-refractivity contribution in [1.82, 2.24) is 10.2 Å². The zero-order chi connectivity index (χ0) is 20.8. The molecule has 0 bridgehead atoms. The molecule has 0 fully saturated rings. The van der Waals surface area contributed by atoms with Crippen LogP contribution in [0, 0.1) is 27.7 Å². The first-order chi connectivity index (χ1) is 13.2. The number of aryl methyl sites for hydroxylation is 3. The molecule has 0 spiro atoms.